The highest BCUT2D eigenvalue weighted by Crippen LogP contribution is 2.33. The Bertz CT molecular complexity index is 943. The van der Waals surface area contributed by atoms with E-state index in [1.807, 2.05) is 0 Å². The maximum Gasteiger partial charge on any atom is 0.247 e. The molecule has 1 atom stereocenters. The number of benzene rings is 1. The molecule has 1 heterocycles. The van der Waals surface area contributed by atoms with Crippen LogP contribution in [-0.2, 0) is 19.6 Å². The average molecular weight is 480 g/mol. The average Bonchev–Trinajstić information content (AvgIpc) is 2.75. The minimum absolute atomic E-state index is 0.0273. The molecular weight excluding hydrogens is 442 g/mol. The molecule has 0 radical (unpaired) electrons. The van der Waals surface area contributed by atoms with Crippen molar-refractivity contribution in [1.29, 1.82) is 0 Å². The van der Waals surface area contributed by atoms with Crippen molar-refractivity contribution in [2.75, 3.05) is 30.9 Å². The number of carbonyl (C=O) groups excluding carboxylic acids is 2. The van der Waals surface area contributed by atoms with E-state index >= 15 is 0 Å². The van der Waals surface area contributed by atoms with Crippen LogP contribution < -0.4 is 15.0 Å². The van der Waals surface area contributed by atoms with Crippen molar-refractivity contribution in [3.05, 3.63) is 24.3 Å². The van der Waals surface area contributed by atoms with E-state index in [1.165, 1.54) is 22.7 Å². The van der Waals surface area contributed by atoms with Gasteiger partial charge in [-0.05, 0) is 38.3 Å². The third-order valence-corrected chi connectivity index (χ3v) is 8.60. The Balaban J connectivity index is 1.96. The number of sulfonamides is 1. The molecule has 1 saturated carbocycles. The van der Waals surface area contributed by atoms with Crippen LogP contribution in [0, 0.1) is 0 Å². The Kier molecular flexibility index (Phi) is 8.39. The Hall–Kier alpha value is -2.13. The Morgan fingerprint density at radius 2 is 1.85 bits per heavy atom. The van der Waals surface area contributed by atoms with Crippen molar-refractivity contribution in [3.63, 3.8) is 0 Å². The topological polar surface area (TPSA) is 96.0 Å². The quantitative estimate of drug-likeness (QED) is 0.648. The van der Waals surface area contributed by atoms with E-state index in [2.05, 4.69) is 5.32 Å². The Morgan fingerprint density at radius 3 is 2.48 bits per heavy atom. The zero-order valence-electron chi connectivity index (χ0n) is 20.0. The van der Waals surface area contributed by atoms with Gasteiger partial charge in [0.15, 0.2) is 0 Å². The van der Waals surface area contributed by atoms with Gasteiger partial charge in [0.2, 0.25) is 21.8 Å². The Labute approximate surface area is 197 Å². The minimum atomic E-state index is -3.65. The summed E-state index contributed by atoms with van der Waals surface area (Å²) in [4.78, 5) is 28.6. The second-order valence-corrected chi connectivity index (χ2v) is 11.4. The van der Waals surface area contributed by atoms with E-state index < -0.39 is 21.5 Å². The van der Waals surface area contributed by atoms with Crippen molar-refractivity contribution in [2.45, 2.75) is 76.8 Å². The van der Waals surface area contributed by atoms with E-state index in [0.717, 1.165) is 38.5 Å². The van der Waals surface area contributed by atoms with Crippen molar-refractivity contribution in [3.8, 4) is 5.75 Å². The van der Waals surface area contributed by atoms with E-state index in [1.54, 1.807) is 38.1 Å². The predicted molar refractivity (Wildman–Crippen MR) is 129 cm³/mol. The molecule has 184 valence electrons. The van der Waals surface area contributed by atoms with Crippen LogP contribution in [0.2, 0.25) is 0 Å². The number of carbonyl (C=O) groups is 2. The van der Waals surface area contributed by atoms with Gasteiger partial charge in [0.25, 0.3) is 0 Å². The van der Waals surface area contributed by atoms with Gasteiger partial charge in [-0.1, -0.05) is 45.1 Å². The van der Waals surface area contributed by atoms with Crippen LogP contribution in [0.4, 0.5) is 5.69 Å². The monoisotopic (exact) mass is 479 g/mol. The number of ether oxygens (including phenoxy) is 1. The van der Waals surface area contributed by atoms with E-state index in [4.69, 9.17) is 4.74 Å². The van der Waals surface area contributed by atoms with E-state index in [0.29, 0.717) is 17.9 Å². The number of anilines is 1. The number of nitrogens with zero attached hydrogens (tertiary/aromatic N) is 2. The van der Waals surface area contributed by atoms with Crippen LogP contribution in [0.15, 0.2) is 24.3 Å². The van der Waals surface area contributed by atoms with Gasteiger partial charge >= 0.3 is 0 Å². The summed E-state index contributed by atoms with van der Waals surface area (Å²) in [5.74, 6) is -0.242. The number of piperazine rings is 1. The molecule has 0 spiro atoms. The predicted octanol–water partition coefficient (Wildman–Crippen LogP) is 3.07. The number of rotatable bonds is 7. The van der Waals surface area contributed by atoms with E-state index in [9.17, 15) is 18.0 Å². The molecule has 1 aliphatic carbocycles. The first kappa shape index (κ1) is 25.5. The second-order valence-electron chi connectivity index (χ2n) is 9.30. The third kappa shape index (κ3) is 5.87. The molecule has 1 aromatic rings. The first-order valence-corrected chi connectivity index (χ1v) is 13.6. The molecule has 0 aromatic heterocycles. The summed E-state index contributed by atoms with van der Waals surface area (Å²) in [6.07, 6.45) is 7.87. The summed E-state index contributed by atoms with van der Waals surface area (Å²) in [7, 11) is -2.11. The fourth-order valence-electron chi connectivity index (χ4n) is 4.84. The van der Waals surface area contributed by atoms with Gasteiger partial charge in [0.05, 0.1) is 19.4 Å². The van der Waals surface area contributed by atoms with Gasteiger partial charge in [0, 0.05) is 24.3 Å². The lowest BCUT2D eigenvalue weighted by Crippen LogP contribution is -2.71. The molecule has 0 unspecified atom stereocenters. The highest BCUT2D eigenvalue weighted by atomic mass is 32.2. The largest absolute Gasteiger partial charge is 0.497 e. The van der Waals surface area contributed by atoms with Gasteiger partial charge in [-0.3, -0.25) is 14.5 Å². The van der Waals surface area contributed by atoms with Crippen molar-refractivity contribution >= 4 is 27.5 Å². The standard InChI is InChI=1S/C24H37N3O5S/c1-4-15-33(30,31)26-17-22(28)27(20-13-10-14-21(16-20)32-3)24(2,18-26)23(29)25-19-11-8-6-5-7-9-12-19/h10,13-14,16,19H,4-9,11-12,15,17-18H2,1-3H3,(H,25,29)/t24-/m1/s1. The molecule has 8 nitrogen and oxygen atoms in total. The minimum Gasteiger partial charge on any atom is -0.497 e. The van der Waals surface area contributed by atoms with Crippen LogP contribution >= 0.6 is 0 Å². The molecule has 1 aliphatic heterocycles. The van der Waals surface area contributed by atoms with Crippen LogP contribution in [-0.4, -0.2) is 62.1 Å². The lowest BCUT2D eigenvalue weighted by atomic mass is 9.92. The van der Waals surface area contributed by atoms with Gasteiger partial charge < -0.3 is 10.1 Å². The van der Waals surface area contributed by atoms with Crippen molar-refractivity contribution in [2.24, 2.45) is 0 Å². The summed E-state index contributed by atoms with van der Waals surface area (Å²) in [6, 6.07) is 7.00. The SMILES string of the molecule is CCCS(=O)(=O)N1CC(=O)N(c2cccc(OC)c2)[C@@](C)(C(=O)NC2CCCCCCC2)C1. The van der Waals surface area contributed by atoms with Crippen LogP contribution in [0.1, 0.15) is 65.2 Å². The van der Waals surface area contributed by atoms with Crippen molar-refractivity contribution < 1.29 is 22.7 Å². The summed E-state index contributed by atoms with van der Waals surface area (Å²) in [5.41, 5.74) is -0.868. The molecule has 2 aliphatic rings. The summed E-state index contributed by atoms with van der Waals surface area (Å²) in [5, 5.41) is 3.16. The fourth-order valence-corrected chi connectivity index (χ4v) is 6.37. The number of amides is 2. The lowest BCUT2D eigenvalue weighted by molar-refractivity contribution is -0.133. The van der Waals surface area contributed by atoms with Gasteiger partial charge in [-0.15, -0.1) is 0 Å². The number of nitrogens with one attached hydrogen (secondary N) is 1. The third-order valence-electron chi connectivity index (χ3n) is 6.64. The zero-order chi connectivity index (χ0) is 24.1. The van der Waals surface area contributed by atoms with Gasteiger partial charge in [-0.25, -0.2) is 8.42 Å². The fraction of sp³-hybridized carbons (Fsp3) is 0.667. The molecule has 1 saturated heterocycles. The molecule has 9 heteroatoms. The molecule has 1 aromatic carbocycles. The smallest absolute Gasteiger partial charge is 0.247 e. The van der Waals surface area contributed by atoms with Crippen LogP contribution in [0.5, 0.6) is 5.75 Å². The number of hydrogen-bond donors (Lipinski definition) is 1. The maximum atomic E-state index is 13.7. The first-order chi connectivity index (χ1) is 15.7. The summed E-state index contributed by atoms with van der Waals surface area (Å²) in [6.45, 7) is 3.07. The number of methoxy groups -OCH3 is 1. The Morgan fingerprint density at radius 1 is 1.18 bits per heavy atom. The molecule has 33 heavy (non-hydrogen) atoms. The molecule has 0 bridgehead atoms. The van der Waals surface area contributed by atoms with Gasteiger partial charge in [0.1, 0.15) is 11.3 Å². The molecule has 1 N–H and O–H groups in total. The summed E-state index contributed by atoms with van der Waals surface area (Å²) < 4.78 is 32.2. The normalized spacial score (nSPS) is 23.6. The van der Waals surface area contributed by atoms with E-state index in [-0.39, 0.29) is 30.8 Å². The zero-order valence-corrected chi connectivity index (χ0v) is 20.8. The van der Waals surface area contributed by atoms with Crippen LogP contribution in [0.25, 0.3) is 0 Å². The van der Waals surface area contributed by atoms with Gasteiger partial charge in [-0.2, -0.15) is 4.31 Å². The maximum absolute atomic E-state index is 13.7. The second kappa shape index (κ2) is 10.9. The molecule has 2 amide bonds. The highest BCUT2D eigenvalue weighted by Gasteiger charge is 2.51. The molecule has 2 fully saturated rings. The highest BCUT2D eigenvalue weighted by molar-refractivity contribution is 7.89. The summed E-state index contributed by atoms with van der Waals surface area (Å²) >= 11 is 0. The molecule has 3 rings (SSSR count). The van der Waals surface area contributed by atoms with Crippen molar-refractivity contribution in [1.82, 2.24) is 9.62 Å². The molecular formula is C24H37N3O5S. The first-order valence-electron chi connectivity index (χ1n) is 12.0. The lowest BCUT2D eigenvalue weighted by Gasteiger charge is -2.47. The van der Waals surface area contributed by atoms with Crippen LogP contribution in [0.3, 0.4) is 0 Å². The number of hydrogen-bond acceptors (Lipinski definition) is 5.